The molecule has 0 nitrogen and oxygen atoms in total. The third kappa shape index (κ3) is 2.27. The summed E-state index contributed by atoms with van der Waals surface area (Å²) in [6.45, 7) is 3.46. The minimum atomic E-state index is 0. The van der Waals surface area contributed by atoms with Crippen LogP contribution in [-0.2, 0) is 0 Å². The third-order valence-corrected chi connectivity index (χ3v) is 0.500. The van der Waals surface area contributed by atoms with Crippen LogP contribution in [0.2, 0.25) is 5.28 Å². The highest BCUT2D eigenvalue weighted by Crippen LogP contribution is 1.61. The Bertz CT molecular complexity index is 25.2. The van der Waals surface area contributed by atoms with E-state index in [1.165, 1.54) is 0 Å². The summed E-state index contributed by atoms with van der Waals surface area (Å²) in [6, 6.07) is 0. The minimum absolute atomic E-state index is 0. The van der Waals surface area contributed by atoms with Crippen LogP contribution in [0.5, 0.6) is 0 Å². The van der Waals surface area contributed by atoms with E-state index in [1.807, 2.05) is 6.08 Å². The Kier molecular flexibility index (Phi) is 3.50. The lowest BCUT2D eigenvalue weighted by Crippen LogP contribution is -1.47. The maximum absolute atomic E-state index is 3.46. The van der Waals surface area contributed by atoms with Crippen molar-refractivity contribution in [2.75, 3.05) is 0 Å². The summed E-state index contributed by atoms with van der Waals surface area (Å²) in [7, 11) is 0. The van der Waals surface area contributed by atoms with Crippen LogP contribution in [0.3, 0.4) is 0 Å². The van der Waals surface area contributed by atoms with Crippen LogP contribution in [-0.4, -0.2) is 16.3 Å². The van der Waals surface area contributed by atoms with E-state index in [0.717, 1.165) is 5.28 Å². The van der Waals surface area contributed by atoms with E-state index in [2.05, 4.69) is 22.9 Å². The molecule has 0 amide bonds. The zero-order valence-corrected chi connectivity index (χ0v) is 3.72. The zero-order valence-electron chi connectivity index (χ0n) is 2.57. The Morgan fingerprint density at radius 2 is 2.50 bits per heavy atom. The molecule has 0 spiro atoms. The summed E-state index contributed by atoms with van der Waals surface area (Å²) in [6.07, 6.45) is 1.84. The van der Waals surface area contributed by atoms with Crippen molar-refractivity contribution < 1.29 is 5.71 Å². The van der Waals surface area contributed by atoms with E-state index in [4.69, 9.17) is 0 Å². The second-order valence-corrected chi connectivity index (χ2v) is 0.996. The monoisotopic (exact) mass is 76.1 g/mol. The number of allylic oxidation sites excluding steroid dienone is 1. The van der Waals surface area contributed by atoms with Gasteiger partial charge in [0.1, 0.15) is 16.3 Å². The Labute approximate surface area is 40.9 Å². The lowest BCUT2D eigenvalue weighted by atomic mass is 10.8. The number of rotatable bonds is 1. The highest BCUT2D eigenvalue weighted by molar-refractivity contribution is 6.09. The molecular weight excluding hydrogens is 63.0 g/mol. The number of hydrogen-bond acceptors (Lipinski definition) is 0. The van der Waals surface area contributed by atoms with Crippen molar-refractivity contribution in [3.63, 3.8) is 0 Å². The van der Waals surface area contributed by atoms with Gasteiger partial charge < -0.3 is 0 Å². The van der Waals surface area contributed by atoms with E-state index in [1.54, 1.807) is 0 Å². The summed E-state index contributed by atoms with van der Waals surface area (Å²) >= 11 is 2.54. The fourth-order valence-electron chi connectivity index (χ4n) is 0. The summed E-state index contributed by atoms with van der Waals surface area (Å²) in [4.78, 5) is 0. The van der Waals surface area contributed by atoms with Crippen LogP contribution in [0.15, 0.2) is 12.7 Å². The first-order valence-corrected chi connectivity index (χ1v) is 2.04. The first-order valence-electron chi connectivity index (χ1n) is 1.22. The summed E-state index contributed by atoms with van der Waals surface area (Å²) < 4.78 is 0. The highest BCUT2D eigenvalue weighted by atomic mass is 27.0. The molecule has 0 atom stereocenters. The Morgan fingerprint density at radius 3 is 2.50 bits per heavy atom. The minimum Gasteiger partial charge on any atom is -0.107 e. The maximum atomic E-state index is 3.46. The summed E-state index contributed by atoms with van der Waals surface area (Å²) in [5, 5.41) is 1.00. The topological polar surface area (TPSA) is 0 Å². The SMILES string of the molecule is C=C[CH2][Al].[HH].[HH].[HH].[HH]. The lowest BCUT2D eigenvalue weighted by molar-refractivity contribution is 1.76. The average Bonchev–Trinajstić information content (AvgIpc) is 1.37. The predicted octanol–water partition coefficient (Wildman–Crippen LogP) is 1.74. The summed E-state index contributed by atoms with van der Waals surface area (Å²) in [5.41, 5.74) is 0. The van der Waals surface area contributed by atoms with Crippen molar-refractivity contribution in [3.05, 3.63) is 12.7 Å². The van der Waals surface area contributed by atoms with Gasteiger partial charge >= 0.3 is 0 Å². The molecule has 0 unspecified atom stereocenters. The molecule has 4 heavy (non-hydrogen) atoms. The standard InChI is InChI=1S/C3H5.Al.4H2/c1-3-2;;;;;/h3H,1-2H2;;4*1H. The Balaban J connectivity index is -0.00000000750. The van der Waals surface area contributed by atoms with E-state index < -0.39 is 0 Å². The van der Waals surface area contributed by atoms with Crippen LogP contribution in [0, 0.1) is 0 Å². The smallest absolute Gasteiger partial charge is 0.107 e. The van der Waals surface area contributed by atoms with Gasteiger partial charge in [-0.3, -0.25) is 0 Å². The molecule has 0 bridgehead atoms. The molecule has 0 aliphatic heterocycles. The van der Waals surface area contributed by atoms with Crippen molar-refractivity contribution in [2.24, 2.45) is 0 Å². The van der Waals surface area contributed by atoms with Gasteiger partial charge in [-0.15, -0.1) is 17.9 Å². The van der Waals surface area contributed by atoms with Gasteiger partial charge in [0, 0.05) is 5.71 Å². The van der Waals surface area contributed by atoms with E-state index >= 15 is 0 Å². The molecule has 2 radical (unpaired) electrons. The van der Waals surface area contributed by atoms with Gasteiger partial charge in [-0.05, 0) is 0 Å². The molecule has 0 saturated carbocycles. The van der Waals surface area contributed by atoms with Crippen molar-refractivity contribution in [1.29, 1.82) is 0 Å². The molecule has 0 N–H and O–H groups in total. The molecular formula is C3H13Al. The molecule has 1 heteroatoms. The lowest BCUT2D eigenvalue weighted by Gasteiger charge is -1.58. The maximum Gasteiger partial charge on any atom is 0.124 e. The molecule has 0 saturated heterocycles. The fourth-order valence-corrected chi connectivity index (χ4v) is 0. The van der Waals surface area contributed by atoms with Crippen molar-refractivity contribution in [2.45, 2.75) is 5.28 Å². The molecule has 0 rings (SSSR count). The van der Waals surface area contributed by atoms with Gasteiger partial charge in [0.25, 0.3) is 0 Å². The van der Waals surface area contributed by atoms with Gasteiger partial charge in [-0.2, -0.15) is 0 Å². The Hall–Kier alpha value is 0.272. The van der Waals surface area contributed by atoms with Gasteiger partial charge in [-0.1, -0.05) is 0 Å². The van der Waals surface area contributed by atoms with Crippen LogP contribution in [0.4, 0.5) is 0 Å². The predicted molar refractivity (Wildman–Crippen MR) is 29.2 cm³/mol. The second-order valence-electron chi connectivity index (χ2n) is 0.524. The van der Waals surface area contributed by atoms with Crippen LogP contribution in [0.25, 0.3) is 0 Å². The van der Waals surface area contributed by atoms with Crippen LogP contribution >= 0.6 is 0 Å². The largest absolute Gasteiger partial charge is 0.124 e. The van der Waals surface area contributed by atoms with Gasteiger partial charge in [0.15, 0.2) is 0 Å². The molecule has 0 aromatic rings. The highest BCUT2D eigenvalue weighted by Gasteiger charge is 1.46. The molecule has 0 aliphatic carbocycles. The summed E-state index contributed by atoms with van der Waals surface area (Å²) in [5.74, 6) is 0. The zero-order chi connectivity index (χ0) is 3.41. The van der Waals surface area contributed by atoms with Crippen molar-refractivity contribution in [3.8, 4) is 0 Å². The first-order chi connectivity index (χ1) is 1.91. The van der Waals surface area contributed by atoms with Crippen molar-refractivity contribution in [1.82, 2.24) is 0 Å². The second kappa shape index (κ2) is 3.27. The first kappa shape index (κ1) is 4.27. The average molecular weight is 76.1 g/mol. The quantitative estimate of drug-likeness (QED) is 0.329. The third-order valence-electron chi connectivity index (χ3n) is 0.167. The molecule has 0 heterocycles. The van der Waals surface area contributed by atoms with E-state index in [-0.39, 0.29) is 5.71 Å². The molecule has 28 valence electrons. The van der Waals surface area contributed by atoms with Gasteiger partial charge in [0.05, 0.1) is 0 Å². The van der Waals surface area contributed by atoms with Gasteiger partial charge in [-0.25, -0.2) is 0 Å². The molecule has 0 aromatic carbocycles. The van der Waals surface area contributed by atoms with E-state index in [0.29, 0.717) is 0 Å². The molecule has 0 fully saturated rings. The van der Waals surface area contributed by atoms with Gasteiger partial charge in [0.2, 0.25) is 0 Å². The van der Waals surface area contributed by atoms with Crippen LogP contribution < -0.4 is 0 Å². The Morgan fingerprint density at radius 1 is 2.25 bits per heavy atom. The number of hydrogen-bond donors (Lipinski definition) is 0. The normalized spacial score (nSPS) is 6.00. The van der Waals surface area contributed by atoms with E-state index in [9.17, 15) is 0 Å². The van der Waals surface area contributed by atoms with Crippen LogP contribution in [0.1, 0.15) is 5.71 Å². The van der Waals surface area contributed by atoms with Crippen molar-refractivity contribution >= 4 is 16.3 Å². The molecule has 0 aromatic heterocycles. The molecule has 0 aliphatic rings. The fraction of sp³-hybridized carbons (Fsp3) is 0.333.